The van der Waals surface area contributed by atoms with Gasteiger partial charge >= 0.3 is 6.09 Å². The zero-order valence-corrected chi connectivity index (χ0v) is 15.7. The molecular weight excluding hydrogens is 346 g/mol. The molecule has 140 valence electrons. The van der Waals surface area contributed by atoms with Crippen molar-refractivity contribution in [1.29, 1.82) is 0 Å². The van der Waals surface area contributed by atoms with Crippen molar-refractivity contribution in [3.63, 3.8) is 0 Å². The van der Waals surface area contributed by atoms with Crippen LogP contribution in [0.3, 0.4) is 0 Å². The van der Waals surface area contributed by atoms with Crippen molar-refractivity contribution in [2.75, 3.05) is 5.32 Å². The fraction of sp³-hybridized carbons (Fsp3) is 0.611. The number of halogens is 2. The lowest BCUT2D eigenvalue weighted by Gasteiger charge is -2.31. The largest absolute Gasteiger partial charge is 0.444 e. The Kier molecular flexibility index (Phi) is 6.93. The molecule has 7 heteroatoms. The van der Waals surface area contributed by atoms with Gasteiger partial charge in [0.05, 0.1) is 0 Å². The summed E-state index contributed by atoms with van der Waals surface area (Å²) >= 11 is 0.558. The van der Waals surface area contributed by atoms with Gasteiger partial charge in [0.25, 0.3) is 5.76 Å². The molecular formula is C18H26F2N2O2S. The van der Waals surface area contributed by atoms with E-state index in [2.05, 4.69) is 10.6 Å². The molecule has 0 radical (unpaired) electrons. The average Bonchev–Trinajstić information content (AvgIpc) is 2.49. The molecule has 1 amide bonds. The van der Waals surface area contributed by atoms with E-state index in [-0.39, 0.29) is 18.2 Å². The van der Waals surface area contributed by atoms with Crippen LogP contribution in [0.4, 0.5) is 19.3 Å². The molecule has 0 saturated heterocycles. The summed E-state index contributed by atoms with van der Waals surface area (Å²) in [5, 5.41) is 6.27. The van der Waals surface area contributed by atoms with Gasteiger partial charge in [0.1, 0.15) is 5.60 Å². The van der Waals surface area contributed by atoms with Gasteiger partial charge < -0.3 is 15.4 Å². The number of thioether (sulfide) groups is 1. The number of carbonyl (C=O) groups is 1. The first kappa shape index (κ1) is 19.8. The number of nitrogens with one attached hydrogen (secondary N) is 2. The molecule has 0 aromatic heterocycles. The summed E-state index contributed by atoms with van der Waals surface area (Å²) in [6, 6.07) is 7.45. The van der Waals surface area contributed by atoms with Crippen molar-refractivity contribution in [3.8, 4) is 0 Å². The van der Waals surface area contributed by atoms with Crippen LogP contribution < -0.4 is 10.6 Å². The Morgan fingerprint density at radius 3 is 2.36 bits per heavy atom. The molecule has 0 heterocycles. The Labute approximate surface area is 152 Å². The van der Waals surface area contributed by atoms with Crippen molar-refractivity contribution >= 4 is 23.5 Å². The number of carbonyl (C=O) groups excluding carboxylic acids is 1. The van der Waals surface area contributed by atoms with Crippen molar-refractivity contribution in [3.05, 3.63) is 24.3 Å². The van der Waals surface area contributed by atoms with Gasteiger partial charge in [0.2, 0.25) is 0 Å². The predicted molar refractivity (Wildman–Crippen MR) is 97.3 cm³/mol. The van der Waals surface area contributed by atoms with Crippen LogP contribution in [0.25, 0.3) is 0 Å². The van der Waals surface area contributed by atoms with Gasteiger partial charge in [-0.15, -0.1) is 0 Å². The number of alkyl carbamates (subject to hydrolysis) is 1. The first-order valence-electron chi connectivity index (χ1n) is 8.53. The van der Waals surface area contributed by atoms with Crippen molar-refractivity contribution < 1.29 is 18.3 Å². The fourth-order valence-electron chi connectivity index (χ4n) is 2.86. The van der Waals surface area contributed by atoms with Gasteiger partial charge in [-0.1, -0.05) is 23.9 Å². The summed E-state index contributed by atoms with van der Waals surface area (Å²) in [7, 11) is 0. The van der Waals surface area contributed by atoms with Crippen LogP contribution in [-0.4, -0.2) is 29.5 Å². The monoisotopic (exact) mass is 372 g/mol. The first-order chi connectivity index (χ1) is 11.7. The van der Waals surface area contributed by atoms with Crippen LogP contribution in [0.15, 0.2) is 29.2 Å². The number of para-hydroxylation sites is 1. The number of alkyl halides is 2. The minimum absolute atomic E-state index is 0.0959. The third kappa shape index (κ3) is 7.10. The van der Waals surface area contributed by atoms with Crippen LogP contribution in [0.2, 0.25) is 0 Å². The maximum atomic E-state index is 12.7. The van der Waals surface area contributed by atoms with E-state index < -0.39 is 11.4 Å². The molecule has 1 saturated carbocycles. The molecule has 2 N–H and O–H groups in total. The molecule has 0 unspecified atom stereocenters. The molecule has 1 aliphatic rings. The summed E-state index contributed by atoms with van der Waals surface area (Å²) in [6.45, 7) is 5.51. The number of rotatable bonds is 5. The van der Waals surface area contributed by atoms with E-state index in [0.29, 0.717) is 16.7 Å². The number of hydrogen-bond donors (Lipinski definition) is 2. The second-order valence-electron chi connectivity index (χ2n) is 7.21. The quantitative estimate of drug-likeness (QED) is 0.693. The number of hydrogen-bond acceptors (Lipinski definition) is 4. The van der Waals surface area contributed by atoms with Crippen LogP contribution in [0, 0.1) is 0 Å². The molecule has 0 aliphatic heterocycles. The minimum atomic E-state index is -2.43. The summed E-state index contributed by atoms with van der Waals surface area (Å²) in [4.78, 5) is 12.4. The van der Waals surface area contributed by atoms with Gasteiger partial charge in [-0.3, -0.25) is 0 Å². The molecule has 0 atom stereocenters. The van der Waals surface area contributed by atoms with Gasteiger partial charge in [-0.25, -0.2) is 4.79 Å². The van der Waals surface area contributed by atoms with Crippen molar-refractivity contribution in [2.24, 2.45) is 0 Å². The van der Waals surface area contributed by atoms with Gasteiger partial charge in [-0.2, -0.15) is 8.78 Å². The highest BCUT2D eigenvalue weighted by atomic mass is 32.2. The SMILES string of the molecule is CC(C)(C)OC(=O)NC1CCC(Nc2ccccc2SC(F)F)CC1. The van der Waals surface area contributed by atoms with E-state index in [1.54, 1.807) is 12.1 Å². The normalized spacial score (nSPS) is 21.0. The van der Waals surface area contributed by atoms with Crippen molar-refractivity contribution in [1.82, 2.24) is 5.32 Å². The lowest BCUT2D eigenvalue weighted by atomic mass is 9.91. The molecule has 4 nitrogen and oxygen atoms in total. The number of amides is 1. The van der Waals surface area contributed by atoms with E-state index in [4.69, 9.17) is 4.74 Å². The smallest absolute Gasteiger partial charge is 0.407 e. The van der Waals surface area contributed by atoms with E-state index in [1.807, 2.05) is 32.9 Å². The van der Waals surface area contributed by atoms with Crippen LogP contribution >= 0.6 is 11.8 Å². The molecule has 2 rings (SSSR count). The van der Waals surface area contributed by atoms with E-state index in [9.17, 15) is 13.6 Å². The topological polar surface area (TPSA) is 50.4 Å². The maximum Gasteiger partial charge on any atom is 0.407 e. The highest BCUT2D eigenvalue weighted by molar-refractivity contribution is 7.99. The Bertz CT molecular complexity index is 570. The minimum Gasteiger partial charge on any atom is -0.444 e. The molecule has 1 aromatic carbocycles. The lowest BCUT2D eigenvalue weighted by Crippen LogP contribution is -2.42. The highest BCUT2D eigenvalue weighted by Crippen LogP contribution is 2.33. The van der Waals surface area contributed by atoms with Gasteiger partial charge in [0.15, 0.2) is 0 Å². The standard InChI is InChI=1S/C18H26F2N2O2S/c1-18(2,3)24-17(23)22-13-10-8-12(9-11-13)21-14-6-4-5-7-15(14)25-16(19)20/h4-7,12-13,16,21H,8-11H2,1-3H3,(H,22,23). The second-order valence-corrected chi connectivity index (χ2v) is 8.25. The highest BCUT2D eigenvalue weighted by Gasteiger charge is 2.25. The van der Waals surface area contributed by atoms with Crippen LogP contribution in [0.1, 0.15) is 46.5 Å². The van der Waals surface area contributed by atoms with E-state index in [1.165, 1.54) is 0 Å². The molecule has 0 bridgehead atoms. The summed E-state index contributed by atoms with van der Waals surface area (Å²) in [6.07, 6.45) is 3.02. The Morgan fingerprint density at radius 1 is 1.16 bits per heavy atom. The summed E-state index contributed by atoms with van der Waals surface area (Å²) in [5.41, 5.74) is 0.242. The number of benzene rings is 1. The Balaban J connectivity index is 1.82. The average molecular weight is 372 g/mol. The Morgan fingerprint density at radius 2 is 1.76 bits per heavy atom. The zero-order valence-electron chi connectivity index (χ0n) is 14.9. The molecule has 0 spiro atoms. The molecule has 1 fully saturated rings. The fourth-order valence-corrected chi connectivity index (χ4v) is 3.46. The van der Waals surface area contributed by atoms with Gasteiger partial charge in [0, 0.05) is 22.7 Å². The lowest BCUT2D eigenvalue weighted by molar-refractivity contribution is 0.0492. The third-order valence-corrected chi connectivity index (χ3v) is 4.70. The molecule has 1 aromatic rings. The molecule has 1 aliphatic carbocycles. The Hall–Kier alpha value is -1.50. The van der Waals surface area contributed by atoms with E-state index in [0.717, 1.165) is 31.4 Å². The van der Waals surface area contributed by atoms with E-state index >= 15 is 0 Å². The maximum absolute atomic E-state index is 12.7. The predicted octanol–water partition coefficient (Wildman–Crippen LogP) is 5.25. The van der Waals surface area contributed by atoms with Crippen LogP contribution in [0.5, 0.6) is 0 Å². The molecule has 25 heavy (non-hydrogen) atoms. The summed E-state index contributed by atoms with van der Waals surface area (Å²) in [5.74, 6) is -2.43. The summed E-state index contributed by atoms with van der Waals surface area (Å²) < 4.78 is 30.6. The first-order valence-corrected chi connectivity index (χ1v) is 9.41. The van der Waals surface area contributed by atoms with Gasteiger partial charge in [-0.05, 0) is 58.6 Å². The number of ether oxygens (including phenoxy) is 1. The number of anilines is 1. The van der Waals surface area contributed by atoms with Crippen molar-refractivity contribution in [2.45, 2.75) is 74.8 Å². The van der Waals surface area contributed by atoms with Crippen LogP contribution in [-0.2, 0) is 4.74 Å². The zero-order chi connectivity index (χ0) is 18.4. The second kappa shape index (κ2) is 8.74. The third-order valence-electron chi connectivity index (χ3n) is 3.91.